The average molecular weight is 353 g/mol. The van der Waals surface area contributed by atoms with Crippen LogP contribution in [-0.2, 0) is 6.42 Å². The highest BCUT2D eigenvalue weighted by atomic mass is 16.6. The lowest BCUT2D eigenvalue weighted by molar-refractivity contribution is -0.384. The molecule has 0 atom stereocenters. The van der Waals surface area contributed by atoms with E-state index in [1.807, 2.05) is 0 Å². The van der Waals surface area contributed by atoms with Crippen LogP contribution in [0.25, 0.3) is 11.0 Å². The van der Waals surface area contributed by atoms with Crippen LogP contribution in [0.15, 0.2) is 46.9 Å². The molecule has 0 saturated heterocycles. The molecule has 0 unspecified atom stereocenters. The van der Waals surface area contributed by atoms with Gasteiger partial charge in [0.15, 0.2) is 5.78 Å². The van der Waals surface area contributed by atoms with Gasteiger partial charge in [0.05, 0.1) is 17.6 Å². The molecule has 0 aliphatic carbocycles. The lowest BCUT2D eigenvalue weighted by Gasteiger charge is -2.04. The maximum Gasteiger partial charge on any atom is 0.270 e. The number of hydrogen-bond acceptors (Lipinski definition) is 5. The third-order valence-corrected chi connectivity index (χ3v) is 4.29. The molecule has 0 fully saturated rings. The summed E-state index contributed by atoms with van der Waals surface area (Å²) >= 11 is 0. The smallest absolute Gasteiger partial charge is 0.270 e. The molecule has 1 heterocycles. The van der Waals surface area contributed by atoms with Crippen molar-refractivity contribution in [2.24, 2.45) is 0 Å². The quantitative estimate of drug-likeness (QED) is 0.342. The third-order valence-electron chi connectivity index (χ3n) is 4.29. The number of benzene rings is 2. The summed E-state index contributed by atoms with van der Waals surface area (Å²) in [4.78, 5) is 23.8. The van der Waals surface area contributed by atoms with Gasteiger partial charge in [-0.2, -0.15) is 0 Å². The Bertz CT molecular complexity index is 956. The molecule has 1 aromatic heterocycles. The number of aryl methyl sites for hydroxylation is 1. The summed E-state index contributed by atoms with van der Waals surface area (Å²) in [6.45, 7) is 2.05. The van der Waals surface area contributed by atoms with E-state index < -0.39 is 4.92 Å². The standard InChI is InChI=1S/C20H19NO5/c1-3-4-5-18-19(20(22)13-6-9-15(25-2)10-7-13)16-12-14(21(23)24)8-11-17(16)26-18/h6-12H,3-5H2,1-2H3. The van der Waals surface area contributed by atoms with Crippen molar-refractivity contribution in [3.8, 4) is 5.75 Å². The van der Waals surface area contributed by atoms with E-state index in [1.54, 1.807) is 37.4 Å². The minimum Gasteiger partial charge on any atom is -0.497 e. The molecule has 0 amide bonds. The molecular weight excluding hydrogens is 334 g/mol. The molecule has 0 saturated carbocycles. The number of nitro groups is 1. The first kappa shape index (κ1) is 17.7. The van der Waals surface area contributed by atoms with Crippen molar-refractivity contribution in [3.63, 3.8) is 0 Å². The summed E-state index contributed by atoms with van der Waals surface area (Å²) in [7, 11) is 1.56. The van der Waals surface area contributed by atoms with Gasteiger partial charge < -0.3 is 9.15 Å². The van der Waals surface area contributed by atoms with E-state index in [1.165, 1.54) is 12.1 Å². The summed E-state index contributed by atoms with van der Waals surface area (Å²) in [5, 5.41) is 11.6. The maximum atomic E-state index is 13.1. The second-order valence-electron chi connectivity index (χ2n) is 6.00. The van der Waals surface area contributed by atoms with E-state index in [9.17, 15) is 14.9 Å². The Kier molecular flexibility index (Phi) is 5.02. The molecule has 3 rings (SSSR count). The van der Waals surface area contributed by atoms with Gasteiger partial charge in [-0.25, -0.2) is 0 Å². The molecule has 6 heteroatoms. The van der Waals surface area contributed by atoms with Crippen molar-refractivity contribution < 1.29 is 18.9 Å². The molecule has 0 aliphatic rings. The van der Waals surface area contributed by atoms with Crippen LogP contribution >= 0.6 is 0 Å². The average Bonchev–Trinajstić information content (AvgIpc) is 3.03. The Morgan fingerprint density at radius 3 is 2.54 bits per heavy atom. The van der Waals surface area contributed by atoms with Crippen molar-refractivity contribution in [2.75, 3.05) is 7.11 Å². The number of unbranched alkanes of at least 4 members (excludes halogenated alkanes) is 1. The van der Waals surface area contributed by atoms with E-state index in [0.717, 1.165) is 12.8 Å². The van der Waals surface area contributed by atoms with Crippen LogP contribution in [0.1, 0.15) is 41.4 Å². The fourth-order valence-corrected chi connectivity index (χ4v) is 2.90. The van der Waals surface area contributed by atoms with Gasteiger partial charge in [0.25, 0.3) is 5.69 Å². The highest BCUT2D eigenvalue weighted by molar-refractivity contribution is 6.17. The molecule has 26 heavy (non-hydrogen) atoms. The van der Waals surface area contributed by atoms with Crippen molar-refractivity contribution in [1.29, 1.82) is 0 Å². The predicted molar refractivity (Wildman–Crippen MR) is 97.9 cm³/mol. The zero-order valence-corrected chi connectivity index (χ0v) is 14.7. The van der Waals surface area contributed by atoms with Gasteiger partial charge in [-0.05, 0) is 36.8 Å². The third kappa shape index (κ3) is 3.31. The predicted octanol–water partition coefficient (Wildman–Crippen LogP) is 4.92. The Morgan fingerprint density at radius 2 is 1.92 bits per heavy atom. The highest BCUT2D eigenvalue weighted by Crippen LogP contribution is 2.32. The molecule has 0 aliphatic heterocycles. The van der Waals surface area contributed by atoms with Gasteiger partial charge >= 0.3 is 0 Å². The van der Waals surface area contributed by atoms with Gasteiger partial charge in [-0.3, -0.25) is 14.9 Å². The number of methoxy groups -OCH3 is 1. The zero-order chi connectivity index (χ0) is 18.7. The van der Waals surface area contributed by atoms with Gasteiger partial charge in [0.1, 0.15) is 17.1 Å². The number of rotatable bonds is 7. The molecule has 0 radical (unpaired) electrons. The van der Waals surface area contributed by atoms with E-state index in [-0.39, 0.29) is 11.5 Å². The molecule has 3 aromatic rings. The maximum absolute atomic E-state index is 13.1. The Balaban J connectivity index is 2.14. The number of fused-ring (bicyclic) bond motifs is 1. The Hall–Kier alpha value is -3.15. The second kappa shape index (κ2) is 7.39. The number of nitrogens with zero attached hydrogens (tertiary/aromatic N) is 1. The number of nitro benzene ring substituents is 1. The van der Waals surface area contributed by atoms with Crippen molar-refractivity contribution in [3.05, 3.63) is 69.5 Å². The number of non-ortho nitro benzene ring substituents is 1. The van der Waals surface area contributed by atoms with Crippen molar-refractivity contribution in [1.82, 2.24) is 0 Å². The topological polar surface area (TPSA) is 82.6 Å². The molecule has 134 valence electrons. The van der Waals surface area contributed by atoms with Gasteiger partial charge in [0.2, 0.25) is 0 Å². The summed E-state index contributed by atoms with van der Waals surface area (Å²) in [6.07, 6.45) is 2.42. The van der Waals surface area contributed by atoms with Crippen LogP contribution in [0, 0.1) is 10.1 Å². The molecular formula is C20H19NO5. The largest absolute Gasteiger partial charge is 0.497 e. The number of furan rings is 1. The summed E-state index contributed by atoms with van der Waals surface area (Å²) in [5.74, 6) is 1.02. The molecule has 0 N–H and O–H groups in total. The minimum absolute atomic E-state index is 0.0656. The number of hydrogen-bond donors (Lipinski definition) is 0. The van der Waals surface area contributed by atoms with Gasteiger partial charge in [-0.1, -0.05) is 13.3 Å². The van der Waals surface area contributed by atoms with Crippen LogP contribution in [0.4, 0.5) is 5.69 Å². The van der Waals surface area contributed by atoms with E-state index in [2.05, 4.69) is 6.92 Å². The fourth-order valence-electron chi connectivity index (χ4n) is 2.90. The lowest BCUT2D eigenvalue weighted by Crippen LogP contribution is -2.04. The molecule has 6 nitrogen and oxygen atoms in total. The van der Waals surface area contributed by atoms with Crippen LogP contribution in [0.2, 0.25) is 0 Å². The minimum atomic E-state index is -0.472. The molecule has 0 spiro atoms. The van der Waals surface area contributed by atoms with Crippen LogP contribution in [-0.4, -0.2) is 17.8 Å². The monoisotopic (exact) mass is 353 g/mol. The first-order valence-electron chi connectivity index (χ1n) is 8.43. The van der Waals surface area contributed by atoms with E-state index >= 15 is 0 Å². The normalized spacial score (nSPS) is 10.8. The van der Waals surface area contributed by atoms with Crippen LogP contribution < -0.4 is 4.74 Å². The van der Waals surface area contributed by atoms with Crippen molar-refractivity contribution >= 4 is 22.4 Å². The first-order chi connectivity index (χ1) is 12.5. The van der Waals surface area contributed by atoms with Crippen molar-refractivity contribution in [2.45, 2.75) is 26.2 Å². The summed E-state index contributed by atoms with van der Waals surface area (Å²) in [5.41, 5.74) is 1.31. The number of ketones is 1. The van der Waals surface area contributed by atoms with Crippen LogP contribution in [0.3, 0.4) is 0 Å². The van der Waals surface area contributed by atoms with E-state index in [4.69, 9.17) is 9.15 Å². The van der Waals surface area contributed by atoms with Gasteiger partial charge in [0, 0.05) is 29.5 Å². The zero-order valence-electron chi connectivity index (χ0n) is 14.7. The number of carbonyl (C=O) groups excluding carboxylic acids is 1. The SMILES string of the molecule is CCCCc1oc2ccc([N+](=O)[O-])cc2c1C(=O)c1ccc(OC)cc1. The van der Waals surface area contributed by atoms with Gasteiger partial charge in [-0.15, -0.1) is 0 Å². The molecule has 0 bridgehead atoms. The molecule has 2 aromatic carbocycles. The Morgan fingerprint density at radius 1 is 1.19 bits per heavy atom. The lowest BCUT2D eigenvalue weighted by atomic mass is 9.98. The second-order valence-corrected chi connectivity index (χ2v) is 6.00. The number of carbonyl (C=O) groups is 1. The fraction of sp³-hybridized carbons (Fsp3) is 0.250. The summed E-state index contributed by atoms with van der Waals surface area (Å²) < 4.78 is 11.0. The summed E-state index contributed by atoms with van der Waals surface area (Å²) in [6, 6.07) is 11.1. The number of ether oxygens (including phenoxy) is 1. The first-order valence-corrected chi connectivity index (χ1v) is 8.43. The van der Waals surface area contributed by atoms with E-state index in [0.29, 0.717) is 40.0 Å². The Labute approximate surface area is 150 Å². The highest BCUT2D eigenvalue weighted by Gasteiger charge is 2.23. The van der Waals surface area contributed by atoms with Crippen LogP contribution in [0.5, 0.6) is 5.75 Å².